The summed E-state index contributed by atoms with van der Waals surface area (Å²) in [6.07, 6.45) is 3.23. The van der Waals surface area contributed by atoms with Gasteiger partial charge in [-0.15, -0.1) is 11.3 Å². The Morgan fingerprint density at radius 1 is 1.65 bits per heavy atom. The normalized spacial score (nSPS) is 21.5. The summed E-state index contributed by atoms with van der Waals surface area (Å²) in [5.74, 6) is 0.824. The topological polar surface area (TPSA) is 45.4 Å². The summed E-state index contributed by atoms with van der Waals surface area (Å²) >= 11 is 1.61. The maximum Gasteiger partial charge on any atom is 0.180 e. The minimum absolute atomic E-state index is 0.682. The first kappa shape index (κ1) is 12.8. The van der Waals surface area contributed by atoms with Gasteiger partial charge in [0.25, 0.3) is 0 Å². The molecule has 0 saturated carbocycles. The molecule has 2 heterocycles. The lowest BCUT2D eigenvalue weighted by Gasteiger charge is -2.19. The second-order valence-electron chi connectivity index (χ2n) is 4.91. The maximum atomic E-state index is 5.65. The van der Waals surface area contributed by atoms with E-state index in [-0.39, 0.29) is 0 Å². The Bertz CT molecular complexity index is 352. The van der Waals surface area contributed by atoms with Crippen LogP contribution in [0.4, 0.5) is 5.13 Å². The molecule has 1 atom stereocenters. The Morgan fingerprint density at radius 3 is 3.12 bits per heavy atom. The quantitative estimate of drug-likeness (QED) is 0.865. The van der Waals surface area contributed by atoms with Crippen molar-refractivity contribution >= 4 is 16.5 Å². The predicted molar refractivity (Wildman–Crippen MR) is 73.1 cm³/mol. The molecule has 1 fully saturated rings. The molecule has 0 aromatic carbocycles. The summed E-state index contributed by atoms with van der Waals surface area (Å²) in [5, 5.41) is 0.682. The van der Waals surface area contributed by atoms with Gasteiger partial charge in [-0.2, -0.15) is 0 Å². The third-order valence-electron chi connectivity index (χ3n) is 3.43. The summed E-state index contributed by atoms with van der Waals surface area (Å²) in [4.78, 5) is 10.3. The van der Waals surface area contributed by atoms with E-state index in [0.29, 0.717) is 5.13 Å². The predicted octanol–water partition coefficient (Wildman–Crippen LogP) is 1.50. The Balaban J connectivity index is 1.78. The standard InChI is InChI=1S/C12H22N4S/c1-3-15(2)7-10-4-5-16(8-10)9-11-6-14-12(13)17-11/h6,10H,3-5,7-9H2,1-2H3,(H2,13,14). The van der Waals surface area contributed by atoms with Crippen LogP contribution in [0.15, 0.2) is 6.20 Å². The first-order chi connectivity index (χ1) is 8.17. The van der Waals surface area contributed by atoms with Crippen LogP contribution in [0.2, 0.25) is 0 Å². The van der Waals surface area contributed by atoms with E-state index in [0.717, 1.165) is 19.0 Å². The number of nitrogen functional groups attached to an aromatic ring is 1. The van der Waals surface area contributed by atoms with Crippen molar-refractivity contribution in [1.82, 2.24) is 14.8 Å². The summed E-state index contributed by atoms with van der Waals surface area (Å²) < 4.78 is 0. The molecule has 1 aliphatic heterocycles. The van der Waals surface area contributed by atoms with Gasteiger partial charge in [0.2, 0.25) is 0 Å². The van der Waals surface area contributed by atoms with Gasteiger partial charge in [0.15, 0.2) is 5.13 Å². The van der Waals surface area contributed by atoms with E-state index in [2.05, 4.69) is 28.8 Å². The van der Waals surface area contributed by atoms with Gasteiger partial charge in [-0.3, -0.25) is 4.90 Å². The van der Waals surface area contributed by atoms with E-state index < -0.39 is 0 Å². The van der Waals surface area contributed by atoms with Crippen molar-refractivity contribution in [2.45, 2.75) is 19.9 Å². The van der Waals surface area contributed by atoms with Gasteiger partial charge in [-0.1, -0.05) is 6.92 Å². The van der Waals surface area contributed by atoms with Crippen molar-refractivity contribution in [3.63, 3.8) is 0 Å². The van der Waals surface area contributed by atoms with Crippen molar-refractivity contribution in [2.24, 2.45) is 5.92 Å². The zero-order valence-corrected chi connectivity index (χ0v) is 11.5. The Kier molecular flexibility index (Phi) is 4.36. The van der Waals surface area contributed by atoms with Crippen molar-refractivity contribution in [3.05, 3.63) is 11.1 Å². The Hall–Kier alpha value is -0.650. The van der Waals surface area contributed by atoms with Crippen LogP contribution in [-0.4, -0.2) is 48.0 Å². The number of thiazole rings is 1. The van der Waals surface area contributed by atoms with Gasteiger partial charge in [0.1, 0.15) is 0 Å². The van der Waals surface area contributed by atoms with E-state index in [1.165, 1.54) is 30.9 Å². The lowest BCUT2D eigenvalue weighted by Crippen LogP contribution is -2.27. The van der Waals surface area contributed by atoms with Crippen LogP contribution in [0.5, 0.6) is 0 Å². The third kappa shape index (κ3) is 3.66. The molecular weight excluding hydrogens is 232 g/mol. The van der Waals surface area contributed by atoms with Crippen LogP contribution in [0.25, 0.3) is 0 Å². The highest BCUT2D eigenvalue weighted by Crippen LogP contribution is 2.22. The lowest BCUT2D eigenvalue weighted by molar-refractivity contribution is 0.268. The summed E-state index contributed by atoms with van der Waals surface area (Å²) in [5.41, 5.74) is 5.65. The van der Waals surface area contributed by atoms with Crippen LogP contribution < -0.4 is 5.73 Å². The molecule has 17 heavy (non-hydrogen) atoms. The SMILES string of the molecule is CCN(C)CC1CCN(Cc2cnc(N)s2)C1. The molecule has 96 valence electrons. The van der Waals surface area contributed by atoms with Crippen molar-refractivity contribution < 1.29 is 0 Å². The molecule has 5 heteroatoms. The zero-order valence-electron chi connectivity index (χ0n) is 10.7. The molecule has 0 spiro atoms. The highest BCUT2D eigenvalue weighted by atomic mass is 32.1. The molecule has 1 saturated heterocycles. The summed E-state index contributed by atoms with van der Waals surface area (Å²) in [6, 6.07) is 0. The Morgan fingerprint density at radius 2 is 2.47 bits per heavy atom. The Labute approximate surface area is 107 Å². The monoisotopic (exact) mass is 254 g/mol. The van der Waals surface area contributed by atoms with Gasteiger partial charge in [-0.25, -0.2) is 4.98 Å². The molecule has 1 aromatic heterocycles. The number of rotatable bonds is 5. The molecule has 2 N–H and O–H groups in total. The smallest absolute Gasteiger partial charge is 0.180 e. The first-order valence-electron chi connectivity index (χ1n) is 6.28. The first-order valence-corrected chi connectivity index (χ1v) is 7.10. The number of nitrogens with two attached hydrogens (primary N) is 1. The molecule has 4 nitrogen and oxygen atoms in total. The minimum atomic E-state index is 0.682. The van der Waals surface area contributed by atoms with E-state index in [1.54, 1.807) is 11.3 Å². The van der Waals surface area contributed by atoms with E-state index in [1.807, 2.05) is 6.20 Å². The molecule has 0 aliphatic carbocycles. The molecule has 0 radical (unpaired) electrons. The van der Waals surface area contributed by atoms with E-state index in [4.69, 9.17) is 5.73 Å². The van der Waals surface area contributed by atoms with E-state index in [9.17, 15) is 0 Å². The largest absolute Gasteiger partial charge is 0.375 e. The van der Waals surface area contributed by atoms with Gasteiger partial charge in [0, 0.05) is 30.7 Å². The summed E-state index contributed by atoms with van der Waals surface area (Å²) in [7, 11) is 2.20. The fourth-order valence-corrected chi connectivity index (χ4v) is 3.12. The third-order valence-corrected chi connectivity index (χ3v) is 4.24. The van der Waals surface area contributed by atoms with Gasteiger partial charge in [-0.05, 0) is 32.5 Å². The van der Waals surface area contributed by atoms with Crippen LogP contribution in [-0.2, 0) is 6.54 Å². The molecule has 0 amide bonds. The number of likely N-dealkylation sites (tertiary alicyclic amines) is 1. The summed E-state index contributed by atoms with van der Waals surface area (Å²) in [6.45, 7) is 8.01. The fourth-order valence-electron chi connectivity index (χ4n) is 2.39. The molecule has 1 aliphatic rings. The number of aromatic nitrogens is 1. The number of hydrogen-bond acceptors (Lipinski definition) is 5. The second kappa shape index (κ2) is 5.80. The second-order valence-corrected chi connectivity index (χ2v) is 6.06. The van der Waals surface area contributed by atoms with Gasteiger partial charge in [0.05, 0.1) is 0 Å². The molecule has 1 aromatic rings. The number of nitrogens with zero attached hydrogens (tertiary/aromatic N) is 3. The molecular formula is C12H22N4S. The maximum absolute atomic E-state index is 5.65. The highest BCUT2D eigenvalue weighted by molar-refractivity contribution is 7.15. The fraction of sp³-hybridized carbons (Fsp3) is 0.750. The number of anilines is 1. The van der Waals surface area contributed by atoms with Crippen LogP contribution in [0, 0.1) is 5.92 Å². The minimum Gasteiger partial charge on any atom is -0.375 e. The van der Waals surface area contributed by atoms with Gasteiger partial charge >= 0.3 is 0 Å². The average molecular weight is 254 g/mol. The van der Waals surface area contributed by atoms with Gasteiger partial charge < -0.3 is 10.6 Å². The molecule has 0 bridgehead atoms. The average Bonchev–Trinajstić information content (AvgIpc) is 2.89. The van der Waals surface area contributed by atoms with Crippen LogP contribution in [0.1, 0.15) is 18.2 Å². The lowest BCUT2D eigenvalue weighted by atomic mass is 10.1. The van der Waals surface area contributed by atoms with E-state index >= 15 is 0 Å². The van der Waals surface area contributed by atoms with Crippen LogP contribution in [0.3, 0.4) is 0 Å². The molecule has 1 unspecified atom stereocenters. The van der Waals surface area contributed by atoms with Crippen LogP contribution >= 0.6 is 11.3 Å². The number of hydrogen-bond donors (Lipinski definition) is 1. The van der Waals surface area contributed by atoms with Crippen molar-refractivity contribution in [1.29, 1.82) is 0 Å². The highest BCUT2D eigenvalue weighted by Gasteiger charge is 2.23. The van der Waals surface area contributed by atoms with Crippen molar-refractivity contribution in [2.75, 3.05) is 39.0 Å². The zero-order chi connectivity index (χ0) is 12.3. The van der Waals surface area contributed by atoms with Crippen molar-refractivity contribution in [3.8, 4) is 0 Å². The molecule has 2 rings (SSSR count).